The number of nitrogens with two attached hydrogens (primary N) is 1. The molecule has 3 rings (SSSR count). The topological polar surface area (TPSA) is 62.4 Å². The molecule has 2 atom stereocenters. The summed E-state index contributed by atoms with van der Waals surface area (Å²) in [7, 11) is 0. The number of allylic oxidation sites excluding steroid dienone is 2. The summed E-state index contributed by atoms with van der Waals surface area (Å²) in [4.78, 5) is 6.02. The van der Waals surface area contributed by atoms with Crippen molar-refractivity contribution in [2.24, 2.45) is 5.73 Å². The van der Waals surface area contributed by atoms with Gasteiger partial charge in [0.15, 0.2) is 0 Å². The predicted molar refractivity (Wildman–Crippen MR) is 126 cm³/mol. The number of hydrogen-bond donors (Lipinski definition) is 2. The third-order valence-corrected chi connectivity index (χ3v) is 5.95. The Kier molecular flexibility index (Phi) is 8.06. The van der Waals surface area contributed by atoms with Crippen LogP contribution in [0.1, 0.15) is 30.0 Å². The lowest BCUT2D eigenvalue weighted by atomic mass is 9.87. The van der Waals surface area contributed by atoms with E-state index >= 15 is 0 Å². The van der Waals surface area contributed by atoms with E-state index in [9.17, 15) is 13.9 Å². The molecule has 0 spiro atoms. The number of piperidine rings is 1. The standard InChI is InChI=1S/C24H25Cl2F2N3O/c1-16(18-12-19(25)14-20(26)13-18)21(5-2-8-29)23(32)22(17-4-3-9-30-15-17)31-10-6-24(27,28)7-11-31/h2-5,8-9,12-15,22-23,32H,1,6-7,10-11,29H2/b8-2-,21-5+/t22-,23+/m0/s1. The summed E-state index contributed by atoms with van der Waals surface area (Å²) in [5, 5.41) is 12.4. The van der Waals surface area contributed by atoms with Crippen molar-refractivity contribution in [1.82, 2.24) is 9.88 Å². The van der Waals surface area contributed by atoms with Gasteiger partial charge in [-0.05, 0) is 58.8 Å². The van der Waals surface area contributed by atoms with Crippen molar-refractivity contribution in [2.75, 3.05) is 13.1 Å². The van der Waals surface area contributed by atoms with Gasteiger partial charge in [0.25, 0.3) is 5.92 Å². The molecular weight excluding hydrogens is 455 g/mol. The second-order valence-corrected chi connectivity index (χ2v) is 8.58. The van der Waals surface area contributed by atoms with E-state index in [-0.39, 0.29) is 25.9 Å². The number of aliphatic hydroxyl groups excluding tert-OH is 1. The molecule has 8 heteroatoms. The maximum absolute atomic E-state index is 13.8. The van der Waals surface area contributed by atoms with Gasteiger partial charge >= 0.3 is 0 Å². The van der Waals surface area contributed by atoms with Crippen molar-refractivity contribution < 1.29 is 13.9 Å². The Hall–Kier alpha value is -2.25. The Labute approximate surface area is 196 Å². The van der Waals surface area contributed by atoms with Crippen LogP contribution in [-0.4, -0.2) is 40.1 Å². The lowest BCUT2D eigenvalue weighted by Crippen LogP contribution is -2.45. The van der Waals surface area contributed by atoms with Gasteiger partial charge in [-0.1, -0.05) is 41.9 Å². The van der Waals surface area contributed by atoms with Crippen molar-refractivity contribution in [3.63, 3.8) is 0 Å². The van der Waals surface area contributed by atoms with Crippen molar-refractivity contribution in [3.05, 3.63) is 94.4 Å². The minimum absolute atomic E-state index is 0.138. The molecule has 170 valence electrons. The van der Waals surface area contributed by atoms with E-state index in [1.807, 2.05) is 11.0 Å². The molecule has 1 aliphatic heterocycles. The molecule has 1 saturated heterocycles. The van der Waals surface area contributed by atoms with Crippen LogP contribution in [0.25, 0.3) is 5.57 Å². The number of hydrogen-bond acceptors (Lipinski definition) is 4. The summed E-state index contributed by atoms with van der Waals surface area (Å²) < 4.78 is 27.6. The molecule has 4 nitrogen and oxygen atoms in total. The van der Waals surface area contributed by atoms with Gasteiger partial charge in [0.05, 0.1) is 12.1 Å². The number of aliphatic hydroxyl groups is 1. The fourth-order valence-electron chi connectivity index (χ4n) is 3.87. The van der Waals surface area contributed by atoms with Gasteiger partial charge in [0.1, 0.15) is 0 Å². The van der Waals surface area contributed by atoms with Gasteiger partial charge < -0.3 is 10.8 Å². The number of halogens is 4. The summed E-state index contributed by atoms with van der Waals surface area (Å²) in [5.74, 6) is -2.71. The van der Waals surface area contributed by atoms with E-state index < -0.39 is 18.1 Å². The van der Waals surface area contributed by atoms with E-state index in [4.69, 9.17) is 28.9 Å². The van der Waals surface area contributed by atoms with Crippen LogP contribution in [-0.2, 0) is 0 Å². The Morgan fingerprint density at radius 2 is 1.88 bits per heavy atom. The first-order valence-electron chi connectivity index (χ1n) is 10.2. The number of rotatable bonds is 7. The van der Waals surface area contributed by atoms with Crippen LogP contribution in [0.3, 0.4) is 0 Å². The number of nitrogens with zero attached hydrogens (tertiary/aromatic N) is 2. The van der Waals surface area contributed by atoms with E-state index in [0.29, 0.717) is 32.3 Å². The van der Waals surface area contributed by atoms with Crippen LogP contribution >= 0.6 is 23.2 Å². The molecule has 1 aromatic heterocycles. The molecule has 2 aromatic rings. The third-order valence-electron chi connectivity index (χ3n) is 5.51. The minimum Gasteiger partial charge on any atom is -0.405 e. The van der Waals surface area contributed by atoms with Gasteiger partial charge in [-0.2, -0.15) is 0 Å². The van der Waals surface area contributed by atoms with E-state index in [0.717, 1.165) is 0 Å². The van der Waals surface area contributed by atoms with Crippen LogP contribution in [0.4, 0.5) is 8.78 Å². The number of alkyl halides is 2. The molecular formula is C24H25Cl2F2N3O. The molecule has 3 N–H and O–H groups in total. The maximum atomic E-state index is 13.8. The van der Waals surface area contributed by atoms with Crippen LogP contribution in [0, 0.1) is 0 Å². The van der Waals surface area contributed by atoms with Gasteiger partial charge in [0.2, 0.25) is 0 Å². The first kappa shape index (κ1) is 24.4. The summed E-state index contributed by atoms with van der Waals surface area (Å²) in [6, 6.07) is 7.96. The number of likely N-dealkylation sites (tertiary alicyclic amines) is 1. The highest BCUT2D eigenvalue weighted by Crippen LogP contribution is 2.38. The van der Waals surface area contributed by atoms with Crippen LogP contribution < -0.4 is 5.73 Å². The maximum Gasteiger partial charge on any atom is 0.250 e. The first-order chi connectivity index (χ1) is 15.2. The highest BCUT2D eigenvalue weighted by Gasteiger charge is 2.39. The minimum atomic E-state index is -2.71. The number of pyridine rings is 1. The van der Waals surface area contributed by atoms with Gasteiger partial charge in [-0.15, -0.1) is 0 Å². The highest BCUT2D eigenvalue weighted by atomic mass is 35.5. The van der Waals surface area contributed by atoms with Crippen molar-refractivity contribution >= 4 is 28.8 Å². The summed E-state index contributed by atoms with van der Waals surface area (Å²) in [6.45, 7) is 4.43. The van der Waals surface area contributed by atoms with Crippen molar-refractivity contribution in [1.29, 1.82) is 0 Å². The zero-order valence-corrected chi connectivity index (χ0v) is 18.9. The lowest BCUT2D eigenvalue weighted by Gasteiger charge is -2.40. The molecule has 0 bridgehead atoms. The van der Waals surface area contributed by atoms with Crippen molar-refractivity contribution in [2.45, 2.75) is 30.9 Å². The molecule has 32 heavy (non-hydrogen) atoms. The van der Waals surface area contributed by atoms with E-state index in [1.54, 1.807) is 48.8 Å². The molecule has 0 unspecified atom stereocenters. The SMILES string of the molecule is C=C(/C(=C\C=C/N)[C@@H](O)[C@H](c1cccnc1)N1CCC(F)(F)CC1)c1cc(Cl)cc(Cl)c1. The van der Waals surface area contributed by atoms with E-state index in [2.05, 4.69) is 11.6 Å². The Balaban J connectivity index is 2.02. The molecule has 1 aliphatic rings. The fraction of sp³-hybridized carbons (Fsp3) is 0.292. The monoisotopic (exact) mass is 479 g/mol. The van der Waals surface area contributed by atoms with Crippen LogP contribution in [0.15, 0.2) is 73.2 Å². The summed E-state index contributed by atoms with van der Waals surface area (Å²) in [6.07, 6.45) is 6.18. The average Bonchev–Trinajstić information content (AvgIpc) is 2.75. The van der Waals surface area contributed by atoms with Crippen molar-refractivity contribution in [3.8, 4) is 0 Å². The largest absolute Gasteiger partial charge is 0.405 e. The second-order valence-electron chi connectivity index (χ2n) is 7.71. The molecule has 2 heterocycles. The molecule has 0 amide bonds. The normalized spacial score (nSPS) is 19.1. The summed E-state index contributed by atoms with van der Waals surface area (Å²) in [5.41, 5.74) is 7.85. The van der Waals surface area contributed by atoms with Gasteiger partial charge in [0, 0.05) is 48.4 Å². The highest BCUT2D eigenvalue weighted by molar-refractivity contribution is 6.34. The van der Waals surface area contributed by atoms with Crippen LogP contribution in [0.5, 0.6) is 0 Å². The lowest BCUT2D eigenvalue weighted by molar-refractivity contribution is -0.0728. The van der Waals surface area contributed by atoms with Gasteiger partial charge in [-0.25, -0.2) is 8.78 Å². The third kappa shape index (κ3) is 5.95. The fourth-order valence-corrected chi connectivity index (χ4v) is 4.40. The van der Waals surface area contributed by atoms with E-state index in [1.165, 1.54) is 6.20 Å². The van der Waals surface area contributed by atoms with Crippen LogP contribution in [0.2, 0.25) is 10.0 Å². The number of benzene rings is 1. The number of aromatic nitrogens is 1. The second kappa shape index (κ2) is 10.6. The smallest absolute Gasteiger partial charge is 0.250 e. The predicted octanol–water partition coefficient (Wildman–Crippen LogP) is 5.63. The molecule has 1 aromatic carbocycles. The Bertz CT molecular complexity index is 981. The molecule has 0 saturated carbocycles. The summed E-state index contributed by atoms with van der Waals surface area (Å²) >= 11 is 12.3. The Morgan fingerprint density at radius 3 is 2.44 bits per heavy atom. The molecule has 1 fully saturated rings. The zero-order valence-electron chi connectivity index (χ0n) is 17.4. The Morgan fingerprint density at radius 1 is 1.22 bits per heavy atom. The van der Waals surface area contributed by atoms with Gasteiger partial charge in [-0.3, -0.25) is 9.88 Å². The average molecular weight is 480 g/mol. The zero-order chi connectivity index (χ0) is 23.3. The molecule has 0 aliphatic carbocycles. The quantitative estimate of drug-likeness (QED) is 0.504. The molecule has 0 radical (unpaired) electrons. The first-order valence-corrected chi connectivity index (χ1v) is 10.9.